The maximum atomic E-state index is 12.8. The zero-order valence-electron chi connectivity index (χ0n) is 16.0. The molecule has 1 N–H and O–H groups in total. The topological polar surface area (TPSA) is 71.5 Å². The lowest BCUT2D eigenvalue weighted by atomic mass is 9.97. The summed E-state index contributed by atoms with van der Waals surface area (Å²) in [6.45, 7) is 2.08. The molecular weight excluding hydrogens is 354 g/mol. The van der Waals surface area contributed by atoms with E-state index in [-0.39, 0.29) is 36.5 Å². The van der Waals surface area contributed by atoms with Crippen LogP contribution < -0.4 is 10.1 Å². The van der Waals surface area contributed by atoms with E-state index in [2.05, 4.69) is 10.3 Å². The monoisotopic (exact) mass is 379 g/mol. The average molecular weight is 379 g/mol. The van der Waals surface area contributed by atoms with E-state index in [0.717, 1.165) is 31.2 Å². The Morgan fingerprint density at radius 2 is 1.71 bits per heavy atom. The Labute approximate surface area is 164 Å². The van der Waals surface area contributed by atoms with Crippen LogP contribution in [-0.4, -0.2) is 46.4 Å². The molecule has 0 saturated carbocycles. The predicted octanol–water partition coefficient (Wildman–Crippen LogP) is 2.72. The Kier molecular flexibility index (Phi) is 5.28. The second kappa shape index (κ2) is 8.00. The van der Waals surface area contributed by atoms with Crippen LogP contribution >= 0.6 is 0 Å². The van der Waals surface area contributed by atoms with E-state index in [9.17, 15) is 9.59 Å². The van der Waals surface area contributed by atoms with Gasteiger partial charge in [0.25, 0.3) is 11.8 Å². The largest absolute Gasteiger partial charge is 0.484 e. The summed E-state index contributed by atoms with van der Waals surface area (Å²) in [7, 11) is 0. The minimum atomic E-state index is -0.0747. The highest BCUT2D eigenvalue weighted by atomic mass is 16.5. The molecule has 2 aliphatic rings. The molecule has 0 spiro atoms. The van der Waals surface area contributed by atoms with Crippen LogP contribution in [0.15, 0.2) is 48.8 Å². The number of nitrogens with one attached hydrogen (secondary N) is 1. The Morgan fingerprint density at radius 3 is 2.36 bits per heavy atom. The van der Waals surface area contributed by atoms with Crippen molar-refractivity contribution >= 4 is 11.8 Å². The molecule has 2 atom stereocenters. The van der Waals surface area contributed by atoms with Crippen molar-refractivity contribution in [3.05, 3.63) is 59.9 Å². The zero-order chi connectivity index (χ0) is 19.5. The number of rotatable bonds is 5. The maximum absolute atomic E-state index is 12.8. The number of carbonyl (C=O) groups is 2. The van der Waals surface area contributed by atoms with Gasteiger partial charge in [0.2, 0.25) is 0 Å². The molecule has 146 valence electrons. The number of fused-ring (bicyclic) bond motifs is 2. The minimum Gasteiger partial charge on any atom is -0.484 e. The first-order valence-electron chi connectivity index (χ1n) is 9.81. The minimum absolute atomic E-state index is 0.0342. The lowest BCUT2D eigenvalue weighted by Crippen LogP contribution is -2.53. The van der Waals surface area contributed by atoms with Crippen LogP contribution in [0.4, 0.5) is 0 Å². The van der Waals surface area contributed by atoms with E-state index in [1.165, 1.54) is 0 Å². The molecule has 1 aromatic heterocycles. The van der Waals surface area contributed by atoms with E-state index in [1.807, 2.05) is 36.1 Å². The summed E-state index contributed by atoms with van der Waals surface area (Å²) in [5, 5.41) is 3.12. The number of hydrogen-bond donors (Lipinski definition) is 1. The van der Waals surface area contributed by atoms with Gasteiger partial charge in [0.1, 0.15) is 5.75 Å². The second-order valence-corrected chi connectivity index (χ2v) is 7.67. The van der Waals surface area contributed by atoms with Crippen molar-refractivity contribution in [1.82, 2.24) is 15.2 Å². The fourth-order valence-electron chi connectivity index (χ4n) is 4.33. The van der Waals surface area contributed by atoms with Crippen LogP contribution in [0.2, 0.25) is 0 Å². The molecule has 0 radical (unpaired) electrons. The fourth-order valence-corrected chi connectivity index (χ4v) is 4.33. The van der Waals surface area contributed by atoms with Gasteiger partial charge in [-0.3, -0.25) is 14.6 Å². The molecule has 2 amide bonds. The van der Waals surface area contributed by atoms with E-state index in [1.54, 1.807) is 24.5 Å². The van der Waals surface area contributed by atoms with Crippen molar-refractivity contribution in [1.29, 1.82) is 0 Å². The number of piperidine rings is 1. The van der Waals surface area contributed by atoms with Crippen LogP contribution in [0.5, 0.6) is 5.75 Å². The summed E-state index contributed by atoms with van der Waals surface area (Å²) in [4.78, 5) is 31.1. The van der Waals surface area contributed by atoms with Crippen molar-refractivity contribution in [2.45, 2.75) is 50.7 Å². The molecule has 6 heteroatoms. The lowest BCUT2D eigenvalue weighted by Gasteiger charge is -2.39. The third-order valence-corrected chi connectivity index (χ3v) is 5.68. The number of aryl methyl sites for hydroxylation is 1. The number of pyridine rings is 1. The Morgan fingerprint density at radius 1 is 1.07 bits per heavy atom. The van der Waals surface area contributed by atoms with Crippen LogP contribution in [0.3, 0.4) is 0 Å². The van der Waals surface area contributed by atoms with Crippen molar-refractivity contribution in [3.63, 3.8) is 0 Å². The SMILES string of the molecule is Cc1ccc(OCC(=O)N2C3CCC2CC(NC(=O)c2ccncc2)C3)cc1. The molecule has 2 aromatic rings. The summed E-state index contributed by atoms with van der Waals surface area (Å²) in [5.41, 5.74) is 1.78. The van der Waals surface area contributed by atoms with Crippen LogP contribution in [0.1, 0.15) is 41.6 Å². The molecule has 2 unspecified atom stereocenters. The molecule has 2 fully saturated rings. The smallest absolute Gasteiger partial charge is 0.261 e. The van der Waals surface area contributed by atoms with Crippen LogP contribution in [0, 0.1) is 6.92 Å². The average Bonchev–Trinajstić information content (AvgIpc) is 2.98. The third kappa shape index (κ3) is 4.01. The summed E-state index contributed by atoms with van der Waals surface area (Å²) < 4.78 is 5.68. The Balaban J connectivity index is 1.32. The molecule has 2 saturated heterocycles. The molecular formula is C22H25N3O3. The molecule has 28 heavy (non-hydrogen) atoms. The van der Waals surface area contributed by atoms with Crippen molar-refractivity contribution in [2.24, 2.45) is 0 Å². The number of aromatic nitrogens is 1. The first-order valence-corrected chi connectivity index (χ1v) is 9.81. The van der Waals surface area contributed by atoms with Gasteiger partial charge in [0.15, 0.2) is 6.61 Å². The summed E-state index contributed by atoms with van der Waals surface area (Å²) >= 11 is 0. The van der Waals surface area contributed by atoms with Crippen LogP contribution in [0.25, 0.3) is 0 Å². The van der Waals surface area contributed by atoms with E-state index >= 15 is 0 Å². The van der Waals surface area contributed by atoms with Gasteiger partial charge in [-0.25, -0.2) is 0 Å². The highest BCUT2D eigenvalue weighted by Gasteiger charge is 2.43. The first kappa shape index (κ1) is 18.5. The molecule has 3 heterocycles. The van der Waals surface area contributed by atoms with Crippen molar-refractivity contribution < 1.29 is 14.3 Å². The normalized spacial score (nSPS) is 23.3. The van der Waals surface area contributed by atoms with E-state index in [4.69, 9.17) is 4.74 Å². The van der Waals surface area contributed by atoms with Gasteiger partial charge in [-0.15, -0.1) is 0 Å². The van der Waals surface area contributed by atoms with Gasteiger partial charge in [-0.2, -0.15) is 0 Å². The number of amides is 2. The molecule has 2 aliphatic heterocycles. The maximum Gasteiger partial charge on any atom is 0.261 e. The highest BCUT2D eigenvalue weighted by Crippen LogP contribution is 2.36. The van der Waals surface area contributed by atoms with Crippen molar-refractivity contribution in [3.8, 4) is 5.75 Å². The molecule has 2 bridgehead atoms. The summed E-state index contributed by atoms with van der Waals surface area (Å²) in [6.07, 6.45) is 6.81. The lowest BCUT2D eigenvalue weighted by molar-refractivity contribution is -0.138. The van der Waals surface area contributed by atoms with Crippen molar-refractivity contribution in [2.75, 3.05) is 6.61 Å². The molecule has 6 nitrogen and oxygen atoms in total. The number of nitrogens with zero attached hydrogens (tertiary/aromatic N) is 2. The quantitative estimate of drug-likeness (QED) is 0.867. The zero-order valence-corrected chi connectivity index (χ0v) is 16.0. The predicted molar refractivity (Wildman–Crippen MR) is 105 cm³/mol. The molecule has 1 aromatic carbocycles. The highest BCUT2D eigenvalue weighted by molar-refractivity contribution is 5.94. The van der Waals surface area contributed by atoms with E-state index in [0.29, 0.717) is 11.3 Å². The summed E-state index contributed by atoms with van der Waals surface area (Å²) in [5.74, 6) is 0.673. The van der Waals surface area contributed by atoms with E-state index < -0.39 is 0 Å². The summed E-state index contributed by atoms with van der Waals surface area (Å²) in [6, 6.07) is 11.6. The molecule has 4 rings (SSSR count). The number of benzene rings is 1. The van der Waals surface area contributed by atoms with Gasteiger partial charge in [0.05, 0.1) is 0 Å². The van der Waals surface area contributed by atoms with Gasteiger partial charge in [-0.05, 0) is 56.9 Å². The van der Waals surface area contributed by atoms with Crippen LogP contribution in [-0.2, 0) is 4.79 Å². The molecule has 0 aliphatic carbocycles. The van der Waals surface area contributed by atoms with Gasteiger partial charge in [-0.1, -0.05) is 17.7 Å². The Bertz CT molecular complexity index is 824. The number of hydrogen-bond acceptors (Lipinski definition) is 4. The van der Waals surface area contributed by atoms with Gasteiger partial charge in [0, 0.05) is 36.1 Å². The third-order valence-electron chi connectivity index (χ3n) is 5.68. The van der Waals surface area contributed by atoms with Gasteiger partial charge < -0.3 is 15.0 Å². The van der Waals surface area contributed by atoms with Gasteiger partial charge >= 0.3 is 0 Å². The first-order chi connectivity index (χ1) is 13.6. The fraction of sp³-hybridized carbons (Fsp3) is 0.409. The number of carbonyl (C=O) groups excluding carboxylic acids is 2. The number of ether oxygens (including phenoxy) is 1. The standard InChI is InChI=1S/C22H25N3O3/c1-15-2-6-20(7-3-15)28-14-21(26)25-18-4-5-19(25)13-17(12-18)24-22(27)16-8-10-23-11-9-16/h2-3,6-11,17-19H,4-5,12-14H2,1H3,(H,24,27). The Hall–Kier alpha value is -2.89. The second-order valence-electron chi connectivity index (χ2n) is 7.67.